The molecule has 28 heavy (non-hydrogen) atoms. The van der Waals surface area contributed by atoms with E-state index < -0.39 is 0 Å². The summed E-state index contributed by atoms with van der Waals surface area (Å²) in [5.74, 6) is 0.369. The summed E-state index contributed by atoms with van der Waals surface area (Å²) < 4.78 is 20.0. The molecular weight excluding hydrogens is 363 g/mol. The lowest BCUT2D eigenvalue weighted by Crippen LogP contribution is -2.28. The van der Waals surface area contributed by atoms with Crippen LogP contribution in [0.2, 0.25) is 0 Å². The second kappa shape index (κ2) is 8.94. The molecule has 9 heteroatoms. The lowest BCUT2D eigenvalue weighted by atomic mass is 10.2. The molecule has 1 amide bonds. The van der Waals surface area contributed by atoms with Crippen LogP contribution in [-0.2, 0) is 24.9 Å². The molecule has 2 heterocycles. The fourth-order valence-electron chi connectivity index (χ4n) is 2.49. The smallest absolute Gasteiger partial charge is 0.258 e. The molecule has 3 rings (SSSR count). The van der Waals surface area contributed by atoms with Gasteiger partial charge in [0.1, 0.15) is 5.82 Å². The molecule has 3 aromatic rings. The number of hydrogen-bond donors (Lipinski definition) is 1. The first-order valence-electron chi connectivity index (χ1n) is 8.66. The van der Waals surface area contributed by atoms with Crippen molar-refractivity contribution in [1.29, 1.82) is 0 Å². The molecule has 0 spiro atoms. The molecule has 146 valence electrons. The Morgan fingerprint density at radius 3 is 2.61 bits per heavy atom. The van der Waals surface area contributed by atoms with Gasteiger partial charge in [-0.1, -0.05) is 12.1 Å². The number of carbonyl (C=O) groups excluding carboxylic acids is 1. The van der Waals surface area contributed by atoms with Crippen LogP contribution in [0.25, 0.3) is 0 Å². The number of amides is 1. The van der Waals surface area contributed by atoms with E-state index in [1.165, 1.54) is 12.1 Å². The van der Waals surface area contributed by atoms with E-state index in [2.05, 4.69) is 20.6 Å². The Balaban J connectivity index is 1.45. The number of carbonyl (C=O) groups is 1. The molecular formula is C19H21FN6O2. The van der Waals surface area contributed by atoms with E-state index in [9.17, 15) is 9.18 Å². The Morgan fingerprint density at radius 1 is 1.18 bits per heavy atom. The number of nitrogens with one attached hydrogen (secondary N) is 1. The molecule has 0 bridgehead atoms. The zero-order chi connectivity index (χ0) is 19.9. The van der Waals surface area contributed by atoms with Crippen LogP contribution in [0.4, 0.5) is 10.2 Å². The summed E-state index contributed by atoms with van der Waals surface area (Å²) in [6, 6.07) is 9.69. The lowest BCUT2D eigenvalue weighted by Gasteiger charge is -2.17. The number of rotatable bonds is 8. The van der Waals surface area contributed by atoms with E-state index in [4.69, 9.17) is 4.74 Å². The molecule has 0 aliphatic carbocycles. The highest BCUT2D eigenvalue weighted by atomic mass is 19.1. The van der Waals surface area contributed by atoms with Crippen molar-refractivity contribution in [2.75, 3.05) is 18.6 Å². The predicted molar refractivity (Wildman–Crippen MR) is 101 cm³/mol. The summed E-state index contributed by atoms with van der Waals surface area (Å²) in [7, 11) is 3.67. The summed E-state index contributed by atoms with van der Waals surface area (Å²) in [6.07, 6.45) is 3.52. The SMILES string of the molecule is CN(Cc1ccc(F)cc1)c1ccc(OCC(=O)NCc2cnn(C)c2)nn1. The molecule has 0 radical (unpaired) electrons. The largest absolute Gasteiger partial charge is 0.466 e. The van der Waals surface area contributed by atoms with Gasteiger partial charge in [0.25, 0.3) is 5.91 Å². The number of halogens is 1. The van der Waals surface area contributed by atoms with Crippen molar-refractivity contribution >= 4 is 11.7 Å². The molecule has 0 aliphatic rings. The zero-order valence-electron chi connectivity index (χ0n) is 15.7. The second-order valence-electron chi connectivity index (χ2n) is 6.30. The number of hydrogen-bond acceptors (Lipinski definition) is 6. The molecule has 0 fully saturated rings. The minimum Gasteiger partial charge on any atom is -0.466 e. The van der Waals surface area contributed by atoms with Gasteiger partial charge in [0.2, 0.25) is 5.88 Å². The summed E-state index contributed by atoms with van der Waals surface area (Å²) in [4.78, 5) is 13.7. The Hall–Kier alpha value is -3.49. The minimum atomic E-state index is -0.267. The van der Waals surface area contributed by atoms with Crippen molar-refractivity contribution in [2.45, 2.75) is 13.1 Å². The van der Waals surface area contributed by atoms with Gasteiger partial charge in [0, 0.05) is 45.0 Å². The van der Waals surface area contributed by atoms with Gasteiger partial charge in [-0.25, -0.2) is 4.39 Å². The highest BCUT2D eigenvalue weighted by Gasteiger charge is 2.08. The van der Waals surface area contributed by atoms with Crippen LogP contribution in [-0.4, -0.2) is 39.5 Å². The molecule has 0 saturated carbocycles. The van der Waals surface area contributed by atoms with Gasteiger partial charge >= 0.3 is 0 Å². The van der Waals surface area contributed by atoms with Crippen LogP contribution >= 0.6 is 0 Å². The number of benzene rings is 1. The monoisotopic (exact) mass is 384 g/mol. The maximum Gasteiger partial charge on any atom is 0.258 e. The van der Waals surface area contributed by atoms with Crippen molar-refractivity contribution in [3.63, 3.8) is 0 Å². The van der Waals surface area contributed by atoms with Crippen LogP contribution in [0.5, 0.6) is 5.88 Å². The number of aryl methyl sites for hydroxylation is 1. The van der Waals surface area contributed by atoms with E-state index in [1.807, 2.05) is 25.2 Å². The molecule has 0 aliphatic heterocycles. The van der Waals surface area contributed by atoms with Crippen molar-refractivity contribution in [3.8, 4) is 5.88 Å². The second-order valence-corrected chi connectivity index (χ2v) is 6.30. The number of nitrogens with zero attached hydrogens (tertiary/aromatic N) is 5. The van der Waals surface area contributed by atoms with Gasteiger partial charge in [0.05, 0.1) is 6.20 Å². The molecule has 0 atom stereocenters. The molecule has 0 saturated heterocycles. The average molecular weight is 384 g/mol. The van der Waals surface area contributed by atoms with E-state index in [-0.39, 0.29) is 24.2 Å². The van der Waals surface area contributed by atoms with Crippen LogP contribution < -0.4 is 15.0 Å². The third kappa shape index (κ3) is 5.50. The summed E-state index contributed by atoms with van der Waals surface area (Å²) >= 11 is 0. The third-order valence-corrected chi connectivity index (χ3v) is 3.95. The topological polar surface area (TPSA) is 85.2 Å². The van der Waals surface area contributed by atoms with Gasteiger partial charge in [-0.15, -0.1) is 10.2 Å². The van der Waals surface area contributed by atoms with E-state index in [1.54, 1.807) is 35.1 Å². The lowest BCUT2D eigenvalue weighted by molar-refractivity contribution is -0.123. The van der Waals surface area contributed by atoms with Gasteiger partial charge in [-0.3, -0.25) is 9.48 Å². The molecule has 0 unspecified atom stereocenters. The normalized spacial score (nSPS) is 10.5. The molecule has 2 aromatic heterocycles. The van der Waals surface area contributed by atoms with Crippen LogP contribution in [0.1, 0.15) is 11.1 Å². The Labute approximate surface area is 162 Å². The zero-order valence-corrected chi connectivity index (χ0v) is 15.7. The molecule has 1 aromatic carbocycles. The van der Waals surface area contributed by atoms with Crippen LogP contribution in [0.3, 0.4) is 0 Å². The quantitative estimate of drug-likeness (QED) is 0.636. The average Bonchev–Trinajstić information content (AvgIpc) is 3.12. The van der Waals surface area contributed by atoms with Gasteiger partial charge in [0.15, 0.2) is 12.4 Å². The standard InChI is InChI=1S/C19H21FN6O2/c1-25(11-14-3-5-16(20)6-4-14)17-7-8-19(24-23-17)28-13-18(27)21-9-15-10-22-26(2)12-15/h3-8,10,12H,9,11,13H2,1-2H3,(H,21,27). The van der Waals surface area contributed by atoms with Gasteiger partial charge in [-0.2, -0.15) is 5.10 Å². The summed E-state index contributed by atoms with van der Waals surface area (Å²) in [5.41, 5.74) is 1.86. The van der Waals surface area contributed by atoms with Crippen LogP contribution in [0, 0.1) is 5.82 Å². The van der Waals surface area contributed by atoms with Crippen molar-refractivity contribution < 1.29 is 13.9 Å². The van der Waals surface area contributed by atoms with E-state index in [0.717, 1.165) is 11.1 Å². The maximum absolute atomic E-state index is 13.0. The predicted octanol–water partition coefficient (Wildman–Crippen LogP) is 1.68. The van der Waals surface area contributed by atoms with Crippen LogP contribution in [0.15, 0.2) is 48.8 Å². The highest BCUT2D eigenvalue weighted by molar-refractivity contribution is 5.77. The number of aromatic nitrogens is 4. The number of anilines is 1. The third-order valence-electron chi connectivity index (χ3n) is 3.95. The van der Waals surface area contributed by atoms with Crippen molar-refractivity contribution in [2.24, 2.45) is 7.05 Å². The Bertz CT molecular complexity index is 911. The maximum atomic E-state index is 13.0. The van der Waals surface area contributed by atoms with Gasteiger partial charge < -0.3 is 15.0 Å². The first-order chi connectivity index (χ1) is 13.5. The Kier molecular flexibility index (Phi) is 6.15. The first kappa shape index (κ1) is 19.3. The molecule has 8 nitrogen and oxygen atoms in total. The number of ether oxygens (including phenoxy) is 1. The van der Waals surface area contributed by atoms with E-state index >= 15 is 0 Å². The summed E-state index contributed by atoms with van der Waals surface area (Å²) in [6.45, 7) is 0.792. The first-order valence-corrected chi connectivity index (χ1v) is 8.66. The molecule has 1 N–H and O–H groups in total. The fourth-order valence-corrected chi connectivity index (χ4v) is 2.49. The highest BCUT2D eigenvalue weighted by Crippen LogP contribution is 2.14. The summed E-state index contributed by atoms with van der Waals surface area (Å²) in [5, 5.41) is 14.9. The Morgan fingerprint density at radius 2 is 1.96 bits per heavy atom. The van der Waals surface area contributed by atoms with Crippen molar-refractivity contribution in [1.82, 2.24) is 25.3 Å². The minimum absolute atomic E-state index is 0.153. The van der Waals surface area contributed by atoms with Crippen molar-refractivity contribution in [3.05, 3.63) is 65.7 Å². The fraction of sp³-hybridized carbons (Fsp3) is 0.263. The van der Waals surface area contributed by atoms with E-state index in [0.29, 0.717) is 18.9 Å². The van der Waals surface area contributed by atoms with Gasteiger partial charge in [-0.05, 0) is 23.8 Å².